The second-order valence-electron chi connectivity index (χ2n) is 6.36. The Morgan fingerprint density at radius 3 is 2.54 bits per heavy atom. The van der Waals surface area contributed by atoms with Crippen molar-refractivity contribution in [3.05, 3.63) is 28.8 Å². The van der Waals surface area contributed by atoms with E-state index in [1.165, 1.54) is 11.3 Å². The first-order chi connectivity index (χ1) is 12.6. The molecular formula is C19H25N3O3S. The molecule has 2 aromatic rings. The molecule has 0 spiro atoms. The van der Waals surface area contributed by atoms with E-state index in [1.807, 2.05) is 37.1 Å². The Kier molecular flexibility index (Phi) is 5.78. The van der Waals surface area contributed by atoms with Crippen LogP contribution in [0.1, 0.15) is 28.2 Å². The minimum Gasteiger partial charge on any atom is -0.493 e. The molecule has 26 heavy (non-hydrogen) atoms. The second-order valence-corrected chi connectivity index (χ2v) is 7.36. The van der Waals surface area contributed by atoms with Gasteiger partial charge in [-0.3, -0.25) is 4.79 Å². The topological polar surface area (TPSA) is 63.7 Å². The zero-order valence-electron chi connectivity index (χ0n) is 15.7. The van der Waals surface area contributed by atoms with Crippen molar-refractivity contribution >= 4 is 17.2 Å². The number of hydrogen-bond donors (Lipinski definition) is 1. The summed E-state index contributed by atoms with van der Waals surface area (Å²) in [6.45, 7) is 3.47. The second kappa shape index (κ2) is 8.05. The summed E-state index contributed by atoms with van der Waals surface area (Å²) in [7, 11) is 5.20. The molecule has 0 atom stereocenters. The number of thiazole rings is 1. The van der Waals surface area contributed by atoms with Gasteiger partial charge in [0.25, 0.3) is 5.91 Å². The quantitative estimate of drug-likeness (QED) is 0.870. The maximum atomic E-state index is 12.9. The number of piperidine rings is 1. The number of nitrogens with one attached hydrogen (secondary N) is 1. The van der Waals surface area contributed by atoms with Crippen LogP contribution in [0.3, 0.4) is 0 Å². The van der Waals surface area contributed by atoms with Gasteiger partial charge in [-0.15, -0.1) is 11.3 Å². The average molecular weight is 375 g/mol. The van der Waals surface area contributed by atoms with E-state index in [4.69, 9.17) is 9.47 Å². The highest BCUT2D eigenvalue weighted by molar-refractivity contribution is 7.17. The highest BCUT2D eigenvalue weighted by atomic mass is 32.1. The van der Waals surface area contributed by atoms with Gasteiger partial charge in [-0.05, 0) is 45.0 Å². The fourth-order valence-electron chi connectivity index (χ4n) is 3.20. The van der Waals surface area contributed by atoms with Crippen molar-refractivity contribution in [2.75, 3.05) is 34.4 Å². The predicted molar refractivity (Wildman–Crippen MR) is 103 cm³/mol. The molecule has 140 valence electrons. The Labute approximate surface area is 158 Å². The van der Waals surface area contributed by atoms with Crippen LogP contribution < -0.4 is 14.8 Å². The standard InChI is InChI=1S/C19H25N3O3S/c1-12-17(19(23)22-9-7-14(20-2)8-10-22)26-18(21-12)13-5-6-15(24-3)16(11-13)25-4/h5-6,11,14,20H,7-10H2,1-4H3. The number of aryl methyl sites for hydroxylation is 1. The Bertz CT molecular complexity index is 782. The molecule has 1 amide bonds. The number of carbonyl (C=O) groups is 1. The number of likely N-dealkylation sites (tertiary alicyclic amines) is 1. The summed E-state index contributed by atoms with van der Waals surface area (Å²) in [6.07, 6.45) is 1.98. The molecule has 7 heteroatoms. The van der Waals surface area contributed by atoms with Crippen molar-refractivity contribution in [3.8, 4) is 22.1 Å². The van der Waals surface area contributed by atoms with Gasteiger partial charge in [0, 0.05) is 24.7 Å². The van der Waals surface area contributed by atoms with Crippen LogP contribution in [0.4, 0.5) is 0 Å². The van der Waals surface area contributed by atoms with Crippen LogP contribution in [0.15, 0.2) is 18.2 Å². The molecule has 1 aliphatic rings. The lowest BCUT2D eigenvalue weighted by Crippen LogP contribution is -2.43. The van der Waals surface area contributed by atoms with Gasteiger partial charge in [0.05, 0.1) is 19.9 Å². The van der Waals surface area contributed by atoms with Crippen LogP contribution >= 0.6 is 11.3 Å². The molecule has 0 saturated carbocycles. The summed E-state index contributed by atoms with van der Waals surface area (Å²) in [5, 5.41) is 4.11. The van der Waals surface area contributed by atoms with Gasteiger partial charge in [-0.2, -0.15) is 0 Å². The number of aromatic nitrogens is 1. The number of amides is 1. The highest BCUT2D eigenvalue weighted by Gasteiger charge is 2.26. The van der Waals surface area contributed by atoms with E-state index in [-0.39, 0.29) is 5.91 Å². The van der Waals surface area contributed by atoms with E-state index in [9.17, 15) is 4.79 Å². The molecule has 1 saturated heterocycles. The molecule has 0 radical (unpaired) electrons. The molecule has 0 aliphatic carbocycles. The average Bonchev–Trinajstić information content (AvgIpc) is 3.08. The lowest BCUT2D eigenvalue weighted by atomic mass is 10.1. The molecule has 6 nitrogen and oxygen atoms in total. The van der Waals surface area contributed by atoms with Gasteiger partial charge in [0.1, 0.15) is 9.88 Å². The molecule has 3 rings (SSSR count). The monoisotopic (exact) mass is 375 g/mol. The molecule has 2 heterocycles. The van der Waals surface area contributed by atoms with Crippen LogP contribution in [-0.4, -0.2) is 56.2 Å². The fourth-order valence-corrected chi connectivity index (χ4v) is 4.23. The highest BCUT2D eigenvalue weighted by Crippen LogP contribution is 2.35. The van der Waals surface area contributed by atoms with Crippen LogP contribution in [0.2, 0.25) is 0 Å². The largest absolute Gasteiger partial charge is 0.493 e. The molecule has 1 N–H and O–H groups in total. The van der Waals surface area contributed by atoms with Crippen molar-refractivity contribution in [1.82, 2.24) is 15.2 Å². The lowest BCUT2D eigenvalue weighted by Gasteiger charge is -2.31. The Balaban J connectivity index is 1.82. The minimum atomic E-state index is 0.0845. The van der Waals surface area contributed by atoms with E-state index < -0.39 is 0 Å². The smallest absolute Gasteiger partial charge is 0.265 e. The number of methoxy groups -OCH3 is 2. The van der Waals surface area contributed by atoms with Crippen LogP contribution in [-0.2, 0) is 0 Å². The van der Waals surface area contributed by atoms with Gasteiger partial charge in [-0.1, -0.05) is 0 Å². The summed E-state index contributed by atoms with van der Waals surface area (Å²) < 4.78 is 10.7. The summed E-state index contributed by atoms with van der Waals surface area (Å²) in [6, 6.07) is 6.19. The van der Waals surface area contributed by atoms with Crippen molar-refractivity contribution in [2.45, 2.75) is 25.8 Å². The van der Waals surface area contributed by atoms with Gasteiger partial charge >= 0.3 is 0 Å². The third-order valence-electron chi connectivity index (χ3n) is 4.81. The van der Waals surface area contributed by atoms with Crippen molar-refractivity contribution in [2.24, 2.45) is 0 Å². The van der Waals surface area contributed by atoms with Crippen LogP contribution in [0, 0.1) is 6.92 Å². The van der Waals surface area contributed by atoms with E-state index in [0.29, 0.717) is 17.5 Å². The van der Waals surface area contributed by atoms with Gasteiger partial charge in [-0.25, -0.2) is 4.98 Å². The lowest BCUT2D eigenvalue weighted by molar-refractivity contribution is 0.0711. The molecule has 1 aromatic carbocycles. The zero-order valence-corrected chi connectivity index (χ0v) is 16.5. The summed E-state index contributed by atoms with van der Waals surface area (Å²) in [4.78, 5) is 20.2. The predicted octanol–water partition coefficient (Wildman–Crippen LogP) is 2.96. The summed E-state index contributed by atoms with van der Waals surface area (Å²) >= 11 is 1.44. The van der Waals surface area contributed by atoms with Crippen LogP contribution in [0.25, 0.3) is 10.6 Å². The Hall–Kier alpha value is -2.12. The number of ether oxygens (including phenoxy) is 2. The third-order valence-corrected chi connectivity index (χ3v) is 6.01. The van der Waals surface area contributed by atoms with E-state index in [2.05, 4.69) is 10.3 Å². The first-order valence-electron chi connectivity index (χ1n) is 8.73. The maximum absolute atomic E-state index is 12.9. The van der Waals surface area contributed by atoms with Crippen molar-refractivity contribution in [1.29, 1.82) is 0 Å². The molecular weight excluding hydrogens is 350 g/mol. The fraction of sp³-hybridized carbons (Fsp3) is 0.474. The number of hydrogen-bond acceptors (Lipinski definition) is 6. The number of rotatable bonds is 5. The molecule has 1 aromatic heterocycles. The SMILES string of the molecule is CNC1CCN(C(=O)c2sc(-c3ccc(OC)c(OC)c3)nc2C)CC1. The molecule has 1 fully saturated rings. The van der Waals surface area contributed by atoms with E-state index in [1.54, 1.807) is 14.2 Å². The first kappa shape index (κ1) is 18.7. The zero-order chi connectivity index (χ0) is 18.7. The summed E-state index contributed by atoms with van der Waals surface area (Å²) in [5.74, 6) is 1.41. The van der Waals surface area contributed by atoms with E-state index in [0.717, 1.165) is 47.1 Å². The van der Waals surface area contributed by atoms with Gasteiger partial charge in [0.15, 0.2) is 11.5 Å². The van der Waals surface area contributed by atoms with Crippen molar-refractivity contribution in [3.63, 3.8) is 0 Å². The maximum Gasteiger partial charge on any atom is 0.265 e. The Morgan fingerprint density at radius 1 is 1.23 bits per heavy atom. The van der Waals surface area contributed by atoms with Crippen LogP contribution in [0.5, 0.6) is 11.5 Å². The normalized spacial score (nSPS) is 15.2. The molecule has 1 aliphatic heterocycles. The van der Waals surface area contributed by atoms with Gasteiger partial charge < -0.3 is 19.7 Å². The minimum absolute atomic E-state index is 0.0845. The molecule has 0 bridgehead atoms. The molecule has 0 unspecified atom stereocenters. The number of benzene rings is 1. The number of carbonyl (C=O) groups excluding carboxylic acids is 1. The first-order valence-corrected chi connectivity index (χ1v) is 9.55. The van der Waals surface area contributed by atoms with Crippen molar-refractivity contribution < 1.29 is 14.3 Å². The number of nitrogens with zero attached hydrogens (tertiary/aromatic N) is 2. The third kappa shape index (κ3) is 3.68. The Morgan fingerprint density at radius 2 is 1.92 bits per heavy atom. The van der Waals surface area contributed by atoms with Gasteiger partial charge in [0.2, 0.25) is 0 Å². The van der Waals surface area contributed by atoms with E-state index >= 15 is 0 Å². The summed E-state index contributed by atoms with van der Waals surface area (Å²) in [5.41, 5.74) is 1.70.